The van der Waals surface area contributed by atoms with Gasteiger partial charge in [0, 0.05) is 31.7 Å². The largest absolute Gasteiger partial charge is 0.496 e. The number of rotatable bonds is 10. The van der Waals surface area contributed by atoms with Crippen molar-refractivity contribution in [3.05, 3.63) is 64.7 Å². The molecule has 0 spiro atoms. The van der Waals surface area contributed by atoms with Gasteiger partial charge in [-0.15, -0.1) is 0 Å². The van der Waals surface area contributed by atoms with E-state index in [1.54, 1.807) is 7.11 Å². The smallest absolute Gasteiger partial charge is 0.253 e. The number of ether oxygens (including phenoxy) is 1. The molecule has 0 aromatic heterocycles. The van der Waals surface area contributed by atoms with E-state index >= 15 is 0 Å². The molecule has 0 atom stereocenters. The zero-order valence-corrected chi connectivity index (χ0v) is 19.5. The number of aliphatic imine (C=N–C) groups is 1. The summed E-state index contributed by atoms with van der Waals surface area (Å²) in [5.74, 6) is 1.76. The van der Waals surface area contributed by atoms with Crippen LogP contribution >= 0.6 is 0 Å². The molecule has 6 nitrogen and oxygen atoms in total. The summed E-state index contributed by atoms with van der Waals surface area (Å²) in [6, 6.07) is 13.9. The van der Waals surface area contributed by atoms with Crippen molar-refractivity contribution < 1.29 is 9.53 Å². The summed E-state index contributed by atoms with van der Waals surface area (Å²) >= 11 is 0. The maximum atomic E-state index is 12.4. The minimum atomic E-state index is 0.0710. The number of nitrogens with zero attached hydrogens (tertiary/aromatic N) is 2. The number of hydrogen-bond donors (Lipinski definition) is 2. The van der Waals surface area contributed by atoms with Crippen LogP contribution in [0.15, 0.2) is 47.5 Å². The Bertz CT molecular complexity index is 858. The molecule has 0 unspecified atom stereocenters. The van der Waals surface area contributed by atoms with E-state index in [1.165, 1.54) is 11.1 Å². The first kappa shape index (κ1) is 24.3. The van der Waals surface area contributed by atoms with Crippen molar-refractivity contribution in [1.82, 2.24) is 15.5 Å². The Labute approximate surface area is 186 Å². The third-order valence-corrected chi connectivity index (χ3v) is 5.14. The fourth-order valence-electron chi connectivity index (χ4n) is 3.38. The number of methoxy groups -OCH3 is 1. The summed E-state index contributed by atoms with van der Waals surface area (Å²) in [7, 11) is 1.70. The Hall–Kier alpha value is -3.02. The van der Waals surface area contributed by atoms with Crippen LogP contribution < -0.4 is 15.4 Å². The lowest BCUT2D eigenvalue weighted by atomic mass is 10.1. The Morgan fingerprint density at radius 3 is 2.35 bits per heavy atom. The highest BCUT2D eigenvalue weighted by atomic mass is 16.5. The van der Waals surface area contributed by atoms with Crippen molar-refractivity contribution in [3.63, 3.8) is 0 Å². The number of amides is 1. The Morgan fingerprint density at radius 2 is 1.74 bits per heavy atom. The summed E-state index contributed by atoms with van der Waals surface area (Å²) in [5.41, 5.74) is 4.18. The van der Waals surface area contributed by atoms with Crippen molar-refractivity contribution in [1.29, 1.82) is 0 Å². The molecular weight excluding hydrogens is 388 g/mol. The van der Waals surface area contributed by atoms with E-state index < -0.39 is 0 Å². The molecule has 0 aliphatic heterocycles. The Kier molecular flexibility index (Phi) is 9.88. The second-order valence-electron chi connectivity index (χ2n) is 7.36. The van der Waals surface area contributed by atoms with Crippen LogP contribution in [0, 0.1) is 6.92 Å². The van der Waals surface area contributed by atoms with E-state index in [1.807, 2.05) is 49.1 Å². The van der Waals surface area contributed by atoms with Gasteiger partial charge < -0.3 is 20.3 Å². The highest BCUT2D eigenvalue weighted by Gasteiger charge is 2.11. The van der Waals surface area contributed by atoms with Crippen molar-refractivity contribution >= 4 is 11.9 Å². The lowest BCUT2D eigenvalue weighted by Gasteiger charge is -2.18. The van der Waals surface area contributed by atoms with Crippen LogP contribution in [0.25, 0.3) is 0 Å². The van der Waals surface area contributed by atoms with Gasteiger partial charge in [-0.05, 0) is 63.4 Å². The van der Waals surface area contributed by atoms with Crippen LogP contribution in [0.5, 0.6) is 5.75 Å². The molecule has 2 aromatic rings. The Balaban J connectivity index is 1.96. The SMILES string of the molecule is CCNC(=NCc1ccc(C(=O)N(CC)CC)cc1)NCCc1cc(C)ccc1OC. The van der Waals surface area contributed by atoms with Crippen molar-refractivity contribution in [2.45, 2.75) is 40.7 Å². The molecule has 168 valence electrons. The van der Waals surface area contributed by atoms with E-state index in [-0.39, 0.29) is 5.91 Å². The quantitative estimate of drug-likeness (QED) is 0.450. The zero-order chi connectivity index (χ0) is 22.6. The van der Waals surface area contributed by atoms with Crippen LogP contribution in [-0.4, -0.2) is 50.1 Å². The third kappa shape index (κ3) is 7.31. The number of guanidine groups is 1. The monoisotopic (exact) mass is 424 g/mol. The number of aryl methyl sites for hydroxylation is 1. The van der Waals surface area contributed by atoms with E-state index in [9.17, 15) is 4.79 Å². The second-order valence-corrected chi connectivity index (χ2v) is 7.36. The van der Waals surface area contributed by atoms with Gasteiger partial charge in [0.15, 0.2) is 5.96 Å². The van der Waals surface area contributed by atoms with Crippen molar-refractivity contribution in [3.8, 4) is 5.75 Å². The molecule has 0 fully saturated rings. The topological polar surface area (TPSA) is 66.0 Å². The summed E-state index contributed by atoms with van der Waals surface area (Å²) in [5, 5.41) is 6.68. The van der Waals surface area contributed by atoms with Gasteiger partial charge in [0.25, 0.3) is 5.91 Å². The molecule has 2 aromatic carbocycles. The van der Waals surface area contributed by atoms with Gasteiger partial charge in [0.05, 0.1) is 13.7 Å². The van der Waals surface area contributed by atoms with E-state index in [2.05, 4.69) is 41.6 Å². The third-order valence-electron chi connectivity index (χ3n) is 5.14. The maximum absolute atomic E-state index is 12.4. The number of benzene rings is 2. The zero-order valence-electron chi connectivity index (χ0n) is 19.5. The average Bonchev–Trinajstić information content (AvgIpc) is 2.78. The summed E-state index contributed by atoms with van der Waals surface area (Å²) in [6.07, 6.45) is 0.845. The minimum Gasteiger partial charge on any atom is -0.496 e. The molecule has 0 bridgehead atoms. The highest BCUT2D eigenvalue weighted by Crippen LogP contribution is 2.19. The molecule has 0 aliphatic rings. The second kappa shape index (κ2) is 12.6. The molecule has 0 radical (unpaired) electrons. The molecule has 1 amide bonds. The maximum Gasteiger partial charge on any atom is 0.253 e. The molecular formula is C25H36N4O2. The molecule has 31 heavy (non-hydrogen) atoms. The number of carbonyl (C=O) groups is 1. The normalized spacial score (nSPS) is 11.2. The van der Waals surface area contributed by atoms with Crippen LogP contribution in [0.4, 0.5) is 0 Å². The standard InChI is InChI=1S/C25H36N4O2/c1-6-26-25(27-16-15-22-17-19(4)9-14-23(22)31-5)28-18-20-10-12-21(13-11-20)24(30)29(7-2)8-3/h9-14,17H,6-8,15-16,18H2,1-5H3,(H2,26,27,28). The predicted molar refractivity (Wildman–Crippen MR) is 128 cm³/mol. The van der Waals surface area contributed by atoms with Crippen molar-refractivity contribution in [2.24, 2.45) is 4.99 Å². The van der Waals surface area contributed by atoms with Gasteiger partial charge in [-0.25, -0.2) is 4.99 Å². The average molecular weight is 425 g/mol. The number of nitrogens with one attached hydrogen (secondary N) is 2. The fourth-order valence-corrected chi connectivity index (χ4v) is 3.38. The molecule has 0 saturated heterocycles. The molecule has 2 rings (SSSR count). The van der Waals surface area contributed by atoms with Gasteiger partial charge in [-0.2, -0.15) is 0 Å². The molecule has 2 N–H and O–H groups in total. The van der Waals surface area contributed by atoms with Gasteiger partial charge in [-0.3, -0.25) is 4.79 Å². The van der Waals surface area contributed by atoms with Gasteiger partial charge in [-0.1, -0.05) is 29.8 Å². The van der Waals surface area contributed by atoms with Gasteiger partial charge >= 0.3 is 0 Å². The number of hydrogen-bond acceptors (Lipinski definition) is 3. The van der Waals surface area contributed by atoms with Crippen LogP contribution in [0.1, 0.15) is 47.8 Å². The first-order valence-corrected chi connectivity index (χ1v) is 11.1. The van der Waals surface area contributed by atoms with E-state index in [4.69, 9.17) is 4.74 Å². The van der Waals surface area contributed by atoms with Crippen LogP contribution in [-0.2, 0) is 13.0 Å². The minimum absolute atomic E-state index is 0.0710. The Morgan fingerprint density at radius 1 is 1.03 bits per heavy atom. The van der Waals surface area contributed by atoms with E-state index in [0.717, 1.165) is 36.8 Å². The first-order valence-electron chi connectivity index (χ1n) is 11.1. The fraction of sp³-hybridized carbons (Fsp3) is 0.440. The first-order chi connectivity index (χ1) is 15.0. The summed E-state index contributed by atoms with van der Waals surface area (Å²) in [4.78, 5) is 18.9. The number of carbonyl (C=O) groups excluding carboxylic acids is 1. The predicted octanol–water partition coefficient (Wildman–Crippen LogP) is 3.78. The van der Waals surface area contributed by atoms with Crippen LogP contribution in [0.3, 0.4) is 0 Å². The summed E-state index contributed by atoms with van der Waals surface area (Å²) < 4.78 is 5.47. The van der Waals surface area contributed by atoms with Crippen molar-refractivity contribution in [2.75, 3.05) is 33.3 Å². The lowest BCUT2D eigenvalue weighted by Crippen LogP contribution is -2.38. The van der Waals surface area contributed by atoms with Gasteiger partial charge in [0.1, 0.15) is 5.75 Å². The molecule has 6 heteroatoms. The molecule has 0 aliphatic carbocycles. The van der Waals surface area contributed by atoms with Gasteiger partial charge in [0.2, 0.25) is 0 Å². The van der Waals surface area contributed by atoms with E-state index in [0.29, 0.717) is 25.2 Å². The highest BCUT2D eigenvalue weighted by molar-refractivity contribution is 5.94. The summed E-state index contributed by atoms with van der Waals surface area (Å²) in [6.45, 7) is 11.6. The molecule has 0 heterocycles. The lowest BCUT2D eigenvalue weighted by molar-refractivity contribution is 0.0773. The van der Waals surface area contributed by atoms with Crippen LogP contribution in [0.2, 0.25) is 0 Å². The molecule has 0 saturated carbocycles.